The van der Waals surface area contributed by atoms with Crippen LogP contribution in [-0.2, 0) is 14.3 Å². The summed E-state index contributed by atoms with van der Waals surface area (Å²) in [7, 11) is 0. The Labute approximate surface area is 94.4 Å². The number of carbonyl (C=O) groups excluding carboxylic acids is 1. The monoisotopic (exact) mass is 230 g/mol. The summed E-state index contributed by atoms with van der Waals surface area (Å²) >= 11 is 0. The molecule has 5 heteroatoms. The molecule has 2 unspecified atom stereocenters. The Hall–Kier alpha value is -0.490. The van der Waals surface area contributed by atoms with E-state index in [1.807, 2.05) is 0 Å². The lowest BCUT2D eigenvalue weighted by molar-refractivity contribution is -0.190. The highest BCUT2D eigenvalue weighted by atomic mass is 16.7. The van der Waals surface area contributed by atoms with E-state index in [0.717, 1.165) is 25.7 Å². The number of hydrogen-bond acceptors (Lipinski definition) is 5. The Morgan fingerprint density at radius 3 is 2.69 bits per heavy atom. The standard InChI is InChI=1S/C11H18O5/c12-6-8(13)10(14)9-7-15-11(16-9)4-2-1-3-5-11/h8-9,12-13H,1-7H2. The minimum atomic E-state index is -1.35. The van der Waals surface area contributed by atoms with Crippen LogP contribution in [0.2, 0.25) is 0 Å². The first kappa shape index (κ1) is 12.0. The van der Waals surface area contributed by atoms with Gasteiger partial charge < -0.3 is 19.7 Å². The molecule has 2 aliphatic rings. The second kappa shape index (κ2) is 4.79. The molecule has 16 heavy (non-hydrogen) atoms. The summed E-state index contributed by atoms with van der Waals surface area (Å²) in [6, 6.07) is 0. The summed E-state index contributed by atoms with van der Waals surface area (Å²) in [6.07, 6.45) is 2.81. The van der Waals surface area contributed by atoms with Crippen molar-refractivity contribution in [3.63, 3.8) is 0 Å². The topological polar surface area (TPSA) is 76.0 Å². The number of carbonyl (C=O) groups is 1. The Balaban J connectivity index is 1.94. The van der Waals surface area contributed by atoms with Crippen LogP contribution >= 0.6 is 0 Å². The molecule has 0 aromatic carbocycles. The molecule has 1 aliphatic heterocycles. The van der Waals surface area contributed by atoms with Crippen LogP contribution < -0.4 is 0 Å². The van der Waals surface area contributed by atoms with Crippen LogP contribution in [0.15, 0.2) is 0 Å². The first-order chi connectivity index (χ1) is 7.67. The second-order valence-electron chi connectivity index (χ2n) is 4.49. The molecule has 1 saturated carbocycles. The smallest absolute Gasteiger partial charge is 0.194 e. The summed E-state index contributed by atoms with van der Waals surface area (Å²) in [5, 5.41) is 17.9. The van der Waals surface area contributed by atoms with Crippen molar-refractivity contribution in [1.29, 1.82) is 0 Å². The minimum Gasteiger partial charge on any atom is -0.393 e. The van der Waals surface area contributed by atoms with Gasteiger partial charge in [-0.25, -0.2) is 0 Å². The van der Waals surface area contributed by atoms with Crippen molar-refractivity contribution in [3.8, 4) is 0 Å². The van der Waals surface area contributed by atoms with Crippen LogP contribution in [0.4, 0.5) is 0 Å². The Morgan fingerprint density at radius 2 is 2.06 bits per heavy atom. The van der Waals surface area contributed by atoms with Crippen molar-refractivity contribution in [2.45, 2.75) is 50.1 Å². The quantitative estimate of drug-likeness (QED) is 0.713. The molecule has 2 rings (SSSR count). The van der Waals surface area contributed by atoms with Gasteiger partial charge in [0, 0.05) is 12.8 Å². The molecule has 1 heterocycles. The van der Waals surface area contributed by atoms with E-state index in [1.165, 1.54) is 6.42 Å². The van der Waals surface area contributed by atoms with Crippen molar-refractivity contribution >= 4 is 5.78 Å². The van der Waals surface area contributed by atoms with Crippen molar-refractivity contribution in [2.75, 3.05) is 13.2 Å². The molecule has 2 atom stereocenters. The average molecular weight is 230 g/mol. The Bertz CT molecular complexity index is 259. The SMILES string of the molecule is O=C(C(O)CO)C1COC2(CCCCC2)O1. The first-order valence-corrected chi connectivity index (χ1v) is 5.81. The normalized spacial score (nSPS) is 30.5. The molecule has 5 nitrogen and oxygen atoms in total. The van der Waals surface area contributed by atoms with E-state index in [2.05, 4.69) is 0 Å². The maximum atomic E-state index is 11.6. The van der Waals surface area contributed by atoms with E-state index < -0.39 is 30.4 Å². The number of ether oxygens (including phenoxy) is 2. The van der Waals surface area contributed by atoms with Gasteiger partial charge in [0.1, 0.15) is 12.2 Å². The third-order valence-corrected chi connectivity index (χ3v) is 3.29. The second-order valence-corrected chi connectivity index (χ2v) is 4.49. The maximum absolute atomic E-state index is 11.6. The molecule has 2 fully saturated rings. The van der Waals surface area contributed by atoms with E-state index in [0.29, 0.717) is 0 Å². The molecule has 1 saturated heterocycles. The van der Waals surface area contributed by atoms with Crippen LogP contribution in [0.3, 0.4) is 0 Å². The van der Waals surface area contributed by atoms with E-state index in [1.54, 1.807) is 0 Å². The van der Waals surface area contributed by atoms with Crippen LogP contribution in [-0.4, -0.2) is 47.2 Å². The molecule has 1 spiro atoms. The molecule has 92 valence electrons. The number of Topliss-reactive ketones (excluding diaryl/α,β-unsaturated/α-hetero) is 1. The zero-order valence-electron chi connectivity index (χ0n) is 9.22. The minimum absolute atomic E-state index is 0.190. The van der Waals surface area contributed by atoms with Crippen molar-refractivity contribution in [2.24, 2.45) is 0 Å². The summed E-state index contributed by atoms with van der Waals surface area (Å²) in [5.41, 5.74) is 0. The van der Waals surface area contributed by atoms with Gasteiger partial charge in [-0.1, -0.05) is 6.42 Å². The molecule has 0 amide bonds. The highest BCUT2D eigenvalue weighted by molar-refractivity contribution is 5.87. The molecule has 0 radical (unpaired) electrons. The largest absolute Gasteiger partial charge is 0.393 e. The molecule has 0 aromatic rings. The molecule has 1 aliphatic carbocycles. The fourth-order valence-electron chi connectivity index (χ4n) is 2.35. The molecule has 0 aromatic heterocycles. The van der Waals surface area contributed by atoms with Crippen molar-refractivity contribution in [1.82, 2.24) is 0 Å². The summed E-state index contributed by atoms with van der Waals surface area (Å²) in [6.45, 7) is -0.373. The van der Waals surface area contributed by atoms with Gasteiger partial charge >= 0.3 is 0 Å². The van der Waals surface area contributed by atoms with E-state index in [-0.39, 0.29) is 6.61 Å². The van der Waals surface area contributed by atoms with Gasteiger partial charge in [0.2, 0.25) is 0 Å². The number of ketones is 1. The van der Waals surface area contributed by atoms with E-state index >= 15 is 0 Å². The summed E-state index contributed by atoms with van der Waals surface area (Å²) in [4.78, 5) is 11.6. The fraction of sp³-hybridized carbons (Fsp3) is 0.909. The van der Waals surface area contributed by atoms with Crippen LogP contribution in [0, 0.1) is 0 Å². The average Bonchev–Trinajstić information content (AvgIpc) is 2.72. The zero-order valence-corrected chi connectivity index (χ0v) is 9.22. The van der Waals surface area contributed by atoms with E-state index in [9.17, 15) is 9.90 Å². The maximum Gasteiger partial charge on any atom is 0.194 e. The molecule has 2 N–H and O–H groups in total. The fourth-order valence-corrected chi connectivity index (χ4v) is 2.35. The lowest BCUT2D eigenvalue weighted by Gasteiger charge is -2.31. The van der Waals surface area contributed by atoms with E-state index in [4.69, 9.17) is 14.6 Å². The van der Waals surface area contributed by atoms with Gasteiger partial charge in [0.15, 0.2) is 11.6 Å². The van der Waals surface area contributed by atoms with Gasteiger partial charge in [-0.3, -0.25) is 4.79 Å². The lowest BCUT2D eigenvalue weighted by atomic mass is 9.94. The number of hydrogen-bond donors (Lipinski definition) is 2. The van der Waals surface area contributed by atoms with Gasteiger partial charge in [-0.15, -0.1) is 0 Å². The lowest BCUT2D eigenvalue weighted by Crippen LogP contribution is -2.39. The third-order valence-electron chi connectivity index (χ3n) is 3.29. The van der Waals surface area contributed by atoms with Gasteiger partial charge in [-0.05, 0) is 12.8 Å². The number of aliphatic hydroxyl groups excluding tert-OH is 2. The predicted molar refractivity (Wildman–Crippen MR) is 54.7 cm³/mol. The van der Waals surface area contributed by atoms with Crippen LogP contribution in [0.1, 0.15) is 32.1 Å². The van der Waals surface area contributed by atoms with Gasteiger partial charge in [0.05, 0.1) is 13.2 Å². The predicted octanol–water partition coefficient (Wildman–Crippen LogP) is -0.0155. The molecular weight excluding hydrogens is 212 g/mol. The summed E-state index contributed by atoms with van der Waals surface area (Å²) < 4.78 is 11.2. The molecule has 0 bridgehead atoms. The third kappa shape index (κ3) is 2.27. The van der Waals surface area contributed by atoms with Crippen molar-refractivity contribution < 1.29 is 24.5 Å². The van der Waals surface area contributed by atoms with Crippen LogP contribution in [0.25, 0.3) is 0 Å². The first-order valence-electron chi connectivity index (χ1n) is 5.81. The number of aliphatic hydroxyl groups is 2. The number of rotatable bonds is 3. The van der Waals surface area contributed by atoms with Crippen LogP contribution in [0.5, 0.6) is 0 Å². The van der Waals surface area contributed by atoms with Gasteiger partial charge in [0.25, 0.3) is 0 Å². The highest BCUT2D eigenvalue weighted by Crippen LogP contribution is 2.37. The zero-order chi connectivity index (χ0) is 11.6. The Morgan fingerprint density at radius 1 is 1.38 bits per heavy atom. The van der Waals surface area contributed by atoms with Gasteiger partial charge in [-0.2, -0.15) is 0 Å². The highest BCUT2D eigenvalue weighted by Gasteiger charge is 2.45. The van der Waals surface area contributed by atoms with Crippen molar-refractivity contribution in [3.05, 3.63) is 0 Å². The summed E-state index contributed by atoms with van der Waals surface area (Å²) in [5.74, 6) is -1.08. The Kier molecular flexibility index (Phi) is 3.59. The molecular formula is C11H18O5.